The van der Waals surface area contributed by atoms with Gasteiger partial charge in [0.05, 0.1) is 5.44 Å². The maximum Gasteiger partial charge on any atom is 2.00 e. The molecule has 1 atom stereocenters. The van der Waals surface area contributed by atoms with Crippen molar-refractivity contribution in [3.63, 3.8) is 0 Å². The first-order valence-corrected chi connectivity index (χ1v) is 17.0. The Morgan fingerprint density at radius 3 is 1.84 bits per heavy atom. The fraction of sp³-hybridized carbons (Fsp3) is 0.0526. The molecule has 0 saturated carbocycles. The van der Waals surface area contributed by atoms with Gasteiger partial charge in [-0.25, -0.2) is 22.9 Å². The molecule has 1 heterocycles. The molecular formula is C38H31ClFeN3PS. The van der Waals surface area contributed by atoms with E-state index in [1.807, 2.05) is 48.5 Å². The average molecular weight is 684 g/mol. The van der Waals surface area contributed by atoms with Crippen LogP contribution in [0.15, 0.2) is 174 Å². The first-order chi connectivity index (χ1) is 21.7. The van der Waals surface area contributed by atoms with E-state index in [4.69, 9.17) is 21.9 Å². The summed E-state index contributed by atoms with van der Waals surface area (Å²) in [5.74, 6) is 0. The van der Waals surface area contributed by atoms with Gasteiger partial charge in [-0.2, -0.15) is 35.9 Å². The monoisotopic (exact) mass is 683 g/mol. The van der Waals surface area contributed by atoms with Crippen molar-refractivity contribution >= 4 is 47.3 Å². The Hall–Kier alpha value is -3.69. The summed E-state index contributed by atoms with van der Waals surface area (Å²) < 4.78 is 2.15. The standard InChI is InChI=1S/C33H26ClN3PS.C5H5.Fe/c1-24(30-18-11-19-31(30)39-29-22-20-26(34)21-23-29)37-33(32(35-36-37)25-12-5-2-6-13-25)38(27-14-7-3-8-15-27)28-16-9-4-10-17-28;1-2-4-5-3-1;/h2-24H,1H3;1-5H;/q2*-1;+2/t24-;;/m0../s1. The molecule has 3 nitrogen and oxygen atoms in total. The quantitative estimate of drug-likeness (QED) is 0.0909. The molecule has 0 aliphatic carbocycles. The molecule has 7 aromatic rings. The predicted molar refractivity (Wildman–Crippen MR) is 188 cm³/mol. The molecule has 0 saturated heterocycles. The van der Waals surface area contributed by atoms with E-state index in [0.717, 1.165) is 26.6 Å². The number of rotatable bonds is 8. The molecule has 0 bridgehead atoms. The summed E-state index contributed by atoms with van der Waals surface area (Å²) in [6.45, 7) is 2.22. The van der Waals surface area contributed by atoms with Crippen LogP contribution in [0.4, 0.5) is 0 Å². The molecule has 7 rings (SSSR count). The second-order valence-electron chi connectivity index (χ2n) is 10.1. The van der Waals surface area contributed by atoms with E-state index in [2.05, 4.69) is 127 Å². The van der Waals surface area contributed by atoms with Crippen molar-refractivity contribution in [1.29, 1.82) is 0 Å². The van der Waals surface area contributed by atoms with E-state index in [1.165, 1.54) is 21.1 Å². The number of halogens is 1. The second kappa shape index (κ2) is 16.0. The minimum atomic E-state index is -0.927. The smallest absolute Gasteiger partial charge is 0.249 e. The van der Waals surface area contributed by atoms with Crippen LogP contribution >= 0.6 is 31.3 Å². The topological polar surface area (TPSA) is 30.7 Å². The van der Waals surface area contributed by atoms with E-state index in [1.54, 1.807) is 11.8 Å². The Morgan fingerprint density at radius 2 is 1.29 bits per heavy atom. The molecule has 0 radical (unpaired) electrons. The number of benzene rings is 4. The third-order valence-electron chi connectivity index (χ3n) is 7.18. The van der Waals surface area contributed by atoms with Crippen LogP contribution in [0.25, 0.3) is 11.3 Å². The van der Waals surface area contributed by atoms with Crippen LogP contribution in [0, 0.1) is 0 Å². The molecule has 45 heavy (non-hydrogen) atoms. The zero-order chi connectivity index (χ0) is 30.1. The van der Waals surface area contributed by atoms with Crippen molar-refractivity contribution in [2.45, 2.75) is 22.8 Å². The van der Waals surface area contributed by atoms with Gasteiger partial charge in [0.1, 0.15) is 5.69 Å². The minimum absolute atomic E-state index is 0. The van der Waals surface area contributed by atoms with Crippen LogP contribution in [-0.2, 0) is 17.1 Å². The fourth-order valence-corrected chi connectivity index (χ4v) is 8.71. The third kappa shape index (κ3) is 7.94. The molecule has 0 amide bonds. The molecule has 0 aliphatic rings. The molecule has 6 aromatic carbocycles. The Kier molecular flexibility index (Phi) is 11.7. The molecule has 0 spiro atoms. The summed E-state index contributed by atoms with van der Waals surface area (Å²) in [7, 11) is -0.927. The van der Waals surface area contributed by atoms with E-state index in [-0.39, 0.29) is 23.1 Å². The van der Waals surface area contributed by atoms with Crippen LogP contribution in [0.1, 0.15) is 18.5 Å². The Labute approximate surface area is 286 Å². The van der Waals surface area contributed by atoms with Crippen molar-refractivity contribution in [2.75, 3.05) is 0 Å². The van der Waals surface area contributed by atoms with E-state index < -0.39 is 7.92 Å². The van der Waals surface area contributed by atoms with E-state index in [9.17, 15) is 0 Å². The maximum absolute atomic E-state index is 6.13. The Balaban J connectivity index is 0.000000609. The summed E-state index contributed by atoms with van der Waals surface area (Å²) in [6.07, 6.45) is 0. The van der Waals surface area contributed by atoms with Gasteiger partial charge in [0.15, 0.2) is 0 Å². The molecule has 224 valence electrons. The first kappa shape index (κ1) is 32.7. The van der Waals surface area contributed by atoms with Crippen LogP contribution < -0.4 is 16.0 Å². The SMILES string of the molecule is C[C@@H](c1cc[cH-]c1Sc1ccc(Cl)cc1)n1nnc(-c2ccccc2)c1P(c1ccccc1)c1ccccc1.[Fe+2].c1cc[cH-]c1. The Morgan fingerprint density at radius 1 is 0.711 bits per heavy atom. The van der Waals surface area contributed by atoms with E-state index >= 15 is 0 Å². The van der Waals surface area contributed by atoms with Gasteiger partial charge in [0, 0.05) is 29.4 Å². The van der Waals surface area contributed by atoms with Crippen LogP contribution in [0.3, 0.4) is 0 Å². The van der Waals surface area contributed by atoms with Crippen LogP contribution in [0.5, 0.6) is 0 Å². The summed E-state index contributed by atoms with van der Waals surface area (Å²) in [5, 5.41) is 12.9. The molecular weight excluding hydrogens is 653 g/mol. The normalized spacial score (nSPS) is 11.4. The van der Waals surface area contributed by atoms with Crippen molar-refractivity contribution in [3.05, 3.63) is 174 Å². The zero-order valence-electron chi connectivity index (χ0n) is 24.6. The molecule has 0 N–H and O–H groups in total. The molecule has 7 heteroatoms. The number of hydrogen-bond acceptors (Lipinski definition) is 3. The minimum Gasteiger partial charge on any atom is -0.249 e. The maximum atomic E-state index is 6.13. The van der Waals surface area contributed by atoms with Crippen molar-refractivity contribution in [2.24, 2.45) is 0 Å². The molecule has 0 fully saturated rings. The zero-order valence-corrected chi connectivity index (χ0v) is 28.2. The van der Waals surface area contributed by atoms with Gasteiger partial charge in [0.2, 0.25) is 0 Å². The van der Waals surface area contributed by atoms with Gasteiger partial charge < -0.3 is 0 Å². The fourth-order valence-electron chi connectivity index (χ4n) is 5.03. The van der Waals surface area contributed by atoms with Gasteiger partial charge in [0.25, 0.3) is 0 Å². The number of hydrogen-bond donors (Lipinski definition) is 0. The van der Waals surface area contributed by atoms with Gasteiger partial charge in [-0.3, -0.25) is 0 Å². The van der Waals surface area contributed by atoms with Crippen molar-refractivity contribution < 1.29 is 17.1 Å². The number of nitrogens with zero attached hydrogens (tertiary/aromatic N) is 3. The summed E-state index contributed by atoms with van der Waals surface area (Å²) in [4.78, 5) is 2.36. The first-order valence-electron chi connectivity index (χ1n) is 14.5. The van der Waals surface area contributed by atoms with Crippen molar-refractivity contribution in [3.8, 4) is 11.3 Å². The summed E-state index contributed by atoms with van der Waals surface area (Å²) >= 11 is 7.88. The van der Waals surface area contributed by atoms with Gasteiger partial charge in [-0.15, -0.1) is 21.8 Å². The summed E-state index contributed by atoms with van der Waals surface area (Å²) in [5.41, 5.74) is 4.37. The van der Waals surface area contributed by atoms with Crippen molar-refractivity contribution in [1.82, 2.24) is 15.0 Å². The van der Waals surface area contributed by atoms with Gasteiger partial charge in [-0.1, -0.05) is 115 Å². The van der Waals surface area contributed by atoms with Gasteiger partial charge >= 0.3 is 17.1 Å². The van der Waals surface area contributed by atoms with Crippen LogP contribution in [0.2, 0.25) is 5.02 Å². The summed E-state index contributed by atoms with van der Waals surface area (Å²) in [6, 6.07) is 56.4. The van der Waals surface area contributed by atoms with E-state index in [0.29, 0.717) is 0 Å². The third-order valence-corrected chi connectivity index (χ3v) is 11.0. The molecule has 1 aromatic heterocycles. The molecule has 0 aliphatic heterocycles. The second-order valence-corrected chi connectivity index (χ2v) is 13.8. The predicted octanol–water partition coefficient (Wildman–Crippen LogP) is 9.24. The van der Waals surface area contributed by atoms with Gasteiger partial charge in [-0.05, 0) is 34.9 Å². The van der Waals surface area contributed by atoms with Crippen LogP contribution in [-0.4, -0.2) is 15.0 Å². The number of aromatic nitrogens is 3. The average Bonchev–Trinajstić information content (AvgIpc) is 3.88. The Bertz CT molecular complexity index is 1800. The molecule has 0 unspecified atom stereocenters. The largest absolute Gasteiger partial charge is 2.00 e.